The maximum absolute atomic E-state index is 13.7. The Balaban J connectivity index is 1.91. The molecular formula is C17H16FNO3S. The van der Waals surface area contributed by atoms with Crippen molar-refractivity contribution in [3.05, 3.63) is 59.9 Å². The fraction of sp³-hybridized carbons (Fsp3) is 0.235. The first-order valence-corrected chi connectivity index (χ1v) is 8.72. The Kier molecular flexibility index (Phi) is 3.72. The third-order valence-electron chi connectivity index (χ3n) is 4.09. The third-order valence-corrected chi connectivity index (χ3v) is 6.60. The van der Waals surface area contributed by atoms with E-state index >= 15 is 0 Å². The molecular weight excluding hydrogens is 317 g/mol. The topological polar surface area (TPSA) is 63.2 Å². The SMILES string of the molecule is Cc1ccc(S(=O)(=O)C2(C(=O)Nc3ccccc3F)CC2)cc1. The van der Waals surface area contributed by atoms with Crippen molar-refractivity contribution in [2.75, 3.05) is 5.32 Å². The molecule has 2 aromatic rings. The molecule has 0 saturated heterocycles. The molecule has 1 N–H and O–H groups in total. The van der Waals surface area contributed by atoms with E-state index in [1.54, 1.807) is 18.2 Å². The Morgan fingerprint density at radius 1 is 1.09 bits per heavy atom. The first-order chi connectivity index (χ1) is 10.9. The number of carbonyl (C=O) groups excluding carboxylic acids is 1. The van der Waals surface area contributed by atoms with Crippen LogP contribution in [0.2, 0.25) is 0 Å². The summed E-state index contributed by atoms with van der Waals surface area (Å²) in [4.78, 5) is 12.6. The first-order valence-electron chi connectivity index (χ1n) is 7.24. The van der Waals surface area contributed by atoms with Crippen LogP contribution in [0.15, 0.2) is 53.4 Å². The van der Waals surface area contributed by atoms with Crippen LogP contribution in [-0.4, -0.2) is 19.1 Å². The minimum absolute atomic E-state index is 0.0112. The van der Waals surface area contributed by atoms with Gasteiger partial charge in [-0.3, -0.25) is 4.79 Å². The highest BCUT2D eigenvalue weighted by Gasteiger charge is 2.61. The van der Waals surface area contributed by atoms with E-state index in [1.807, 2.05) is 6.92 Å². The van der Waals surface area contributed by atoms with E-state index in [9.17, 15) is 17.6 Å². The molecule has 0 spiro atoms. The number of para-hydroxylation sites is 1. The van der Waals surface area contributed by atoms with Crippen molar-refractivity contribution in [1.82, 2.24) is 0 Å². The molecule has 0 aromatic heterocycles. The number of halogens is 1. The molecule has 0 aliphatic heterocycles. The van der Waals surface area contributed by atoms with Crippen LogP contribution >= 0.6 is 0 Å². The summed E-state index contributed by atoms with van der Waals surface area (Å²) >= 11 is 0. The van der Waals surface area contributed by atoms with Crippen molar-refractivity contribution in [2.24, 2.45) is 0 Å². The number of benzene rings is 2. The van der Waals surface area contributed by atoms with Crippen molar-refractivity contribution < 1.29 is 17.6 Å². The standard InChI is InChI=1S/C17H16FNO3S/c1-12-6-8-13(9-7-12)23(21,22)17(10-11-17)16(20)19-15-5-3-2-4-14(15)18/h2-9H,10-11H2,1H3,(H,19,20). The molecule has 1 amide bonds. The number of sulfone groups is 1. The lowest BCUT2D eigenvalue weighted by Crippen LogP contribution is -2.37. The molecule has 2 aromatic carbocycles. The minimum Gasteiger partial charge on any atom is -0.322 e. The van der Waals surface area contributed by atoms with Crippen molar-refractivity contribution in [1.29, 1.82) is 0 Å². The van der Waals surface area contributed by atoms with Gasteiger partial charge in [-0.2, -0.15) is 0 Å². The fourth-order valence-corrected chi connectivity index (χ4v) is 4.35. The second kappa shape index (κ2) is 5.45. The van der Waals surface area contributed by atoms with Gasteiger partial charge >= 0.3 is 0 Å². The van der Waals surface area contributed by atoms with Crippen LogP contribution < -0.4 is 5.32 Å². The molecule has 0 bridgehead atoms. The molecule has 0 radical (unpaired) electrons. The average Bonchev–Trinajstić information content (AvgIpc) is 3.32. The fourth-order valence-electron chi connectivity index (χ4n) is 2.47. The van der Waals surface area contributed by atoms with Gasteiger partial charge in [0.1, 0.15) is 5.82 Å². The van der Waals surface area contributed by atoms with Gasteiger partial charge in [-0.25, -0.2) is 12.8 Å². The predicted molar refractivity (Wildman–Crippen MR) is 85.4 cm³/mol. The lowest BCUT2D eigenvalue weighted by molar-refractivity contribution is -0.116. The van der Waals surface area contributed by atoms with Gasteiger partial charge in [0.25, 0.3) is 0 Å². The number of aryl methyl sites for hydroxylation is 1. The Morgan fingerprint density at radius 2 is 1.70 bits per heavy atom. The van der Waals surface area contributed by atoms with Gasteiger partial charge < -0.3 is 5.32 Å². The zero-order chi connectivity index (χ0) is 16.7. The smallest absolute Gasteiger partial charge is 0.246 e. The Morgan fingerprint density at radius 3 is 2.26 bits per heavy atom. The van der Waals surface area contributed by atoms with Gasteiger partial charge in [0, 0.05) is 0 Å². The van der Waals surface area contributed by atoms with Crippen molar-refractivity contribution in [2.45, 2.75) is 29.4 Å². The third kappa shape index (κ3) is 2.63. The van der Waals surface area contributed by atoms with Crippen LogP contribution in [-0.2, 0) is 14.6 Å². The van der Waals surface area contributed by atoms with E-state index < -0.39 is 26.3 Å². The molecule has 6 heteroatoms. The van der Waals surface area contributed by atoms with E-state index in [2.05, 4.69) is 5.32 Å². The van der Waals surface area contributed by atoms with Crippen LogP contribution in [0.4, 0.5) is 10.1 Å². The molecule has 23 heavy (non-hydrogen) atoms. The molecule has 1 saturated carbocycles. The van der Waals surface area contributed by atoms with Crippen LogP contribution in [0, 0.1) is 12.7 Å². The molecule has 1 aliphatic rings. The molecule has 0 heterocycles. The number of carbonyl (C=O) groups is 1. The molecule has 3 rings (SSSR count). The van der Waals surface area contributed by atoms with Crippen molar-refractivity contribution in [3.8, 4) is 0 Å². The highest BCUT2D eigenvalue weighted by atomic mass is 32.2. The molecule has 0 unspecified atom stereocenters. The van der Waals surface area contributed by atoms with Crippen LogP contribution in [0.1, 0.15) is 18.4 Å². The van der Waals surface area contributed by atoms with E-state index in [-0.39, 0.29) is 23.4 Å². The van der Waals surface area contributed by atoms with Gasteiger partial charge in [-0.15, -0.1) is 0 Å². The number of amides is 1. The average molecular weight is 333 g/mol. The molecule has 1 aliphatic carbocycles. The van der Waals surface area contributed by atoms with Gasteiger partial charge in [0.15, 0.2) is 14.6 Å². The Labute approximate surface area is 134 Å². The normalized spacial score (nSPS) is 15.9. The summed E-state index contributed by atoms with van der Waals surface area (Å²) in [6.07, 6.45) is 0.479. The van der Waals surface area contributed by atoms with Gasteiger partial charge in [0.05, 0.1) is 10.6 Å². The lowest BCUT2D eigenvalue weighted by Gasteiger charge is -2.16. The maximum Gasteiger partial charge on any atom is 0.246 e. The second-order valence-corrected chi connectivity index (χ2v) is 8.00. The maximum atomic E-state index is 13.7. The number of rotatable bonds is 4. The Bertz CT molecular complexity index is 856. The van der Waals surface area contributed by atoms with Crippen molar-refractivity contribution >= 4 is 21.4 Å². The molecule has 4 nitrogen and oxygen atoms in total. The summed E-state index contributed by atoms with van der Waals surface area (Å²) in [5.74, 6) is -1.27. The van der Waals surface area contributed by atoms with Crippen LogP contribution in [0.3, 0.4) is 0 Å². The molecule has 120 valence electrons. The number of hydrogen-bond acceptors (Lipinski definition) is 3. The largest absolute Gasteiger partial charge is 0.322 e. The Hall–Kier alpha value is -2.21. The second-order valence-electron chi connectivity index (χ2n) is 5.74. The number of anilines is 1. The lowest BCUT2D eigenvalue weighted by atomic mass is 10.2. The van der Waals surface area contributed by atoms with E-state index in [0.717, 1.165) is 5.56 Å². The zero-order valence-corrected chi connectivity index (χ0v) is 13.4. The van der Waals surface area contributed by atoms with E-state index in [0.29, 0.717) is 0 Å². The van der Waals surface area contributed by atoms with Gasteiger partial charge in [-0.05, 0) is 44.0 Å². The quantitative estimate of drug-likeness (QED) is 0.935. The number of hydrogen-bond donors (Lipinski definition) is 1. The first kappa shape index (κ1) is 15.7. The summed E-state index contributed by atoms with van der Waals surface area (Å²) in [6.45, 7) is 1.86. The van der Waals surface area contributed by atoms with Crippen LogP contribution in [0.5, 0.6) is 0 Å². The summed E-state index contributed by atoms with van der Waals surface area (Å²) in [6, 6.07) is 12.1. The minimum atomic E-state index is -3.81. The summed E-state index contributed by atoms with van der Waals surface area (Å²) in [7, 11) is -3.81. The summed E-state index contributed by atoms with van der Waals surface area (Å²) in [5.41, 5.74) is 0.924. The van der Waals surface area contributed by atoms with E-state index in [4.69, 9.17) is 0 Å². The summed E-state index contributed by atoms with van der Waals surface area (Å²) < 4.78 is 37.7. The summed E-state index contributed by atoms with van der Waals surface area (Å²) in [5, 5.41) is 2.41. The zero-order valence-electron chi connectivity index (χ0n) is 12.5. The van der Waals surface area contributed by atoms with Crippen molar-refractivity contribution in [3.63, 3.8) is 0 Å². The molecule has 1 fully saturated rings. The van der Waals surface area contributed by atoms with Crippen LogP contribution in [0.25, 0.3) is 0 Å². The molecule has 0 atom stereocenters. The van der Waals surface area contributed by atoms with Gasteiger partial charge in [0.2, 0.25) is 5.91 Å². The van der Waals surface area contributed by atoms with E-state index in [1.165, 1.54) is 30.3 Å². The highest BCUT2D eigenvalue weighted by molar-refractivity contribution is 7.94. The predicted octanol–water partition coefficient (Wildman–Crippen LogP) is 3.08. The monoisotopic (exact) mass is 333 g/mol. The highest BCUT2D eigenvalue weighted by Crippen LogP contribution is 2.47. The van der Waals surface area contributed by atoms with Gasteiger partial charge in [-0.1, -0.05) is 29.8 Å². The number of nitrogens with one attached hydrogen (secondary N) is 1.